The van der Waals surface area contributed by atoms with E-state index < -0.39 is 11.8 Å². The summed E-state index contributed by atoms with van der Waals surface area (Å²) in [7, 11) is 0. The van der Waals surface area contributed by atoms with Crippen LogP contribution in [0.3, 0.4) is 0 Å². The van der Waals surface area contributed by atoms with Crippen LogP contribution in [-0.4, -0.2) is 5.97 Å². The summed E-state index contributed by atoms with van der Waals surface area (Å²) in [5, 5.41) is 0.0454. The lowest BCUT2D eigenvalue weighted by Crippen LogP contribution is -2.03. The Morgan fingerprint density at radius 1 is 1.19 bits per heavy atom. The molecule has 0 aliphatic carbocycles. The number of nitrogens with two attached hydrogens (primary N) is 1. The minimum Gasteiger partial charge on any atom is -0.452 e. The fourth-order valence-corrected chi connectivity index (χ4v) is 1.64. The predicted molar refractivity (Wildman–Crippen MR) is 74.7 cm³/mol. The van der Waals surface area contributed by atoms with Gasteiger partial charge in [0.1, 0.15) is 11.6 Å². The molecule has 0 radical (unpaired) electrons. The maximum absolute atomic E-state index is 13.2. The average Bonchev–Trinajstić information content (AvgIpc) is 2.43. The van der Waals surface area contributed by atoms with Gasteiger partial charge in [-0.15, -0.1) is 0 Å². The summed E-state index contributed by atoms with van der Waals surface area (Å²) in [6.07, 6.45) is 0. The largest absolute Gasteiger partial charge is 0.452 e. The van der Waals surface area contributed by atoms with Crippen molar-refractivity contribution in [2.24, 2.45) is 0 Å². The molecule has 0 aliphatic rings. The van der Waals surface area contributed by atoms with Crippen LogP contribution in [0.5, 0.6) is 17.2 Å². The Bertz CT molecular complexity index is 678. The molecule has 5 nitrogen and oxygen atoms in total. The van der Waals surface area contributed by atoms with Gasteiger partial charge in [0.2, 0.25) is 5.75 Å². The quantitative estimate of drug-likeness (QED) is 0.529. The van der Waals surface area contributed by atoms with Crippen LogP contribution in [0.4, 0.5) is 10.1 Å². The molecule has 2 aromatic rings. The Morgan fingerprint density at radius 3 is 2.52 bits per heavy atom. The molecule has 0 atom stereocenters. The molecular formula is C14H11ClFNO4. The van der Waals surface area contributed by atoms with E-state index in [2.05, 4.69) is 4.89 Å². The Balaban J connectivity index is 2.27. The van der Waals surface area contributed by atoms with Crippen molar-refractivity contribution in [3.05, 3.63) is 47.2 Å². The number of halogens is 2. The molecule has 0 saturated carbocycles. The Labute approximate surface area is 124 Å². The van der Waals surface area contributed by atoms with Crippen LogP contribution in [0.1, 0.15) is 6.92 Å². The molecule has 0 spiro atoms. The van der Waals surface area contributed by atoms with Crippen molar-refractivity contribution >= 4 is 23.3 Å². The zero-order valence-electron chi connectivity index (χ0n) is 10.9. The number of hydrogen-bond acceptors (Lipinski definition) is 5. The zero-order valence-corrected chi connectivity index (χ0v) is 11.7. The molecule has 0 aliphatic heterocycles. The van der Waals surface area contributed by atoms with E-state index in [1.165, 1.54) is 19.1 Å². The van der Waals surface area contributed by atoms with Crippen molar-refractivity contribution in [1.82, 2.24) is 0 Å². The first kappa shape index (κ1) is 14.9. The molecule has 0 fully saturated rings. The maximum Gasteiger partial charge on any atom is 0.352 e. The first-order chi connectivity index (χ1) is 9.97. The fourth-order valence-electron chi connectivity index (χ4n) is 1.45. The SMILES string of the molecule is CC(=O)OOc1ccccc1Oc1cc(N)c(F)cc1Cl. The van der Waals surface area contributed by atoms with Crippen LogP contribution in [0.15, 0.2) is 36.4 Å². The van der Waals surface area contributed by atoms with Crippen LogP contribution < -0.4 is 15.4 Å². The lowest BCUT2D eigenvalue weighted by Gasteiger charge is -2.12. The van der Waals surface area contributed by atoms with Crippen LogP contribution >= 0.6 is 11.6 Å². The van der Waals surface area contributed by atoms with Crippen LogP contribution in [-0.2, 0) is 9.68 Å². The number of hydrogen-bond donors (Lipinski definition) is 1. The van der Waals surface area contributed by atoms with Gasteiger partial charge in [-0.25, -0.2) is 9.18 Å². The van der Waals surface area contributed by atoms with Crippen LogP contribution in [0.25, 0.3) is 0 Å². The van der Waals surface area contributed by atoms with Gasteiger partial charge in [0.15, 0.2) is 5.75 Å². The summed E-state index contributed by atoms with van der Waals surface area (Å²) < 4.78 is 18.8. The number of anilines is 1. The molecule has 110 valence electrons. The number of benzene rings is 2. The van der Waals surface area contributed by atoms with Crippen molar-refractivity contribution in [3.63, 3.8) is 0 Å². The maximum atomic E-state index is 13.2. The van der Waals surface area contributed by atoms with Gasteiger partial charge in [-0.3, -0.25) is 9.78 Å². The van der Waals surface area contributed by atoms with E-state index in [-0.39, 0.29) is 28.0 Å². The molecule has 0 bridgehead atoms. The predicted octanol–water partition coefficient (Wildman–Crippen LogP) is 3.71. The highest BCUT2D eigenvalue weighted by atomic mass is 35.5. The second kappa shape index (κ2) is 6.32. The second-order valence-corrected chi connectivity index (χ2v) is 4.42. The van der Waals surface area contributed by atoms with Crippen molar-refractivity contribution in [2.45, 2.75) is 6.92 Å². The van der Waals surface area contributed by atoms with Gasteiger partial charge >= 0.3 is 5.97 Å². The summed E-state index contributed by atoms with van der Waals surface area (Å²) in [4.78, 5) is 20.0. The van der Waals surface area contributed by atoms with E-state index in [1.54, 1.807) is 18.2 Å². The molecule has 0 heterocycles. The van der Waals surface area contributed by atoms with Gasteiger partial charge in [-0.2, -0.15) is 0 Å². The Morgan fingerprint density at radius 2 is 1.86 bits per heavy atom. The Hall–Kier alpha value is -2.47. The highest BCUT2D eigenvalue weighted by molar-refractivity contribution is 6.32. The molecule has 0 unspecified atom stereocenters. The normalized spacial score (nSPS) is 10.0. The molecule has 2 aromatic carbocycles. The van der Waals surface area contributed by atoms with E-state index in [0.29, 0.717) is 0 Å². The molecule has 2 N–H and O–H groups in total. The molecule has 21 heavy (non-hydrogen) atoms. The lowest BCUT2D eigenvalue weighted by atomic mass is 10.3. The minimum absolute atomic E-state index is 0.0454. The molecule has 0 amide bonds. The van der Waals surface area contributed by atoms with Crippen LogP contribution in [0.2, 0.25) is 5.02 Å². The first-order valence-corrected chi connectivity index (χ1v) is 6.21. The van der Waals surface area contributed by atoms with E-state index in [4.69, 9.17) is 27.0 Å². The number of rotatable bonds is 4. The molecule has 0 saturated heterocycles. The number of para-hydroxylation sites is 2. The summed E-state index contributed by atoms with van der Waals surface area (Å²) in [5.74, 6) is -0.724. The second-order valence-electron chi connectivity index (χ2n) is 4.01. The highest BCUT2D eigenvalue weighted by Gasteiger charge is 2.12. The van der Waals surface area contributed by atoms with Crippen molar-refractivity contribution < 1.29 is 23.7 Å². The van der Waals surface area contributed by atoms with Gasteiger partial charge in [0.25, 0.3) is 0 Å². The summed E-state index contributed by atoms with van der Waals surface area (Å²) in [6, 6.07) is 8.72. The third kappa shape index (κ3) is 3.76. The van der Waals surface area contributed by atoms with Gasteiger partial charge in [0.05, 0.1) is 10.7 Å². The number of ether oxygens (including phenoxy) is 1. The van der Waals surface area contributed by atoms with E-state index >= 15 is 0 Å². The monoisotopic (exact) mass is 311 g/mol. The summed E-state index contributed by atoms with van der Waals surface area (Å²) in [6.45, 7) is 1.20. The number of nitrogen functional groups attached to an aromatic ring is 1. The molecule has 7 heteroatoms. The zero-order chi connectivity index (χ0) is 15.4. The smallest absolute Gasteiger partial charge is 0.352 e. The highest BCUT2D eigenvalue weighted by Crippen LogP contribution is 2.36. The third-order valence-electron chi connectivity index (χ3n) is 2.37. The minimum atomic E-state index is -0.642. The van der Waals surface area contributed by atoms with Gasteiger partial charge in [-0.1, -0.05) is 23.7 Å². The van der Waals surface area contributed by atoms with Gasteiger partial charge in [0, 0.05) is 13.0 Å². The Kier molecular flexibility index (Phi) is 4.49. The average molecular weight is 312 g/mol. The van der Waals surface area contributed by atoms with E-state index in [1.807, 2.05) is 0 Å². The summed E-state index contributed by atoms with van der Waals surface area (Å²) >= 11 is 5.88. The van der Waals surface area contributed by atoms with Crippen molar-refractivity contribution in [1.29, 1.82) is 0 Å². The van der Waals surface area contributed by atoms with Crippen LogP contribution in [0, 0.1) is 5.82 Å². The number of carbonyl (C=O) groups is 1. The third-order valence-corrected chi connectivity index (χ3v) is 2.66. The van der Waals surface area contributed by atoms with Crippen molar-refractivity contribution in [3.8, 4) is 17.2 Å². The van der Waals surface area contributed by atoms with Crippen molar-refractivity contribution in [2.75, 3.05) is 5.73 Å². The molecule has 0 aromatic heterocycles. The standard InChI is InChI=1S/C14H11ClFNO4/c1-8(18)20-21-13-5-3-2-4-12(13)19-14-7-11(17)10(16)6-9(14)15/h2-7H,17H2,1H3. The van der Waals surface area contributed by atoms with Gasteiger partial charge in [-0.05, 0) is 18.2 Å². The summed E-state index contributed by atoms with van der Waals surface area (Å²) in [5.41, 5.74) is 5.36. The van der Waals surface area contributed by atoms with E-state index in [0.717, 1.165) is 6.07 Å². The molecular weight excluding hydrogens is 301 g/mol. The topological polar surface area (TPSA) is 70.8 Å². The fraction of sp³-hybridized carbons (Fsp3) is 0.0714. The van der Waals surface area contributed by atoms with Gasteiger partial charge < -0.3 is 10.5 Å². The first-order valence-electron chi connectivity index (χ1n) is 5.84. The van der Waals surface area contributed by atoms with E-state index in [9.17, 15) is 9.18 Å². The number of carbonyl (C=O) groups excluding carboxylic acids is 1. The molecule has 2 rings (SSSR count). The lowest BCUT2D eigenvalue weighted by molar-refractivity contribution is -0.211.